The van der Waals surface area contributed by atoms with Crippen LogP contribution in [-0.4, -0.2) is 54.8 Å². The van der Waals surface area contributed by atoms with E-state index in [-0.39, 0.29) is 16.9 Å². The normalized spacial score (nSPS) is 13.0. The van der Waals surface area contributed by atoms with E-state index in [4.69, 9.17) is 4.99 Å². The zero-order valence-electron chi connectivity index (χ0n) is 27.1. The molecule has 47 heavy (non-hydrogen) atoms. The highest BCUT2D eigenvalue weighted by Crippen LogP contribution is 2.31. The number of ether oxygens (including phenoxy) is 1. The van der Waals surface area contributed by atoms with Gasteiger partial charge in [-0.15, -0.1) is 18.3 Å². The van der Waals surface area contributed by atoms with Gasteiger partial charge >= 0.3 is 12.4 Å². The van der Waals surface area contributed by atoms with Gasteiger partial charge in [-0.2, -0.15) is 0 Å². The van der Waals surface area contributed by atoms with Crippen LogP contribution in [0.1, 0.15) is 57.2 Å². The molecule has 0 bridgehead atoms. The van der Waals surface area contributed by atoms with E-state index in [1.807, 2.05) is 56.3 Å². The van der Waals surface area contributed by atoms with Crippen LogP contribution in [0.25, 0.3) is 17.1 Å². The highest BCUT2D eigenvalue weighted by atomic mass is 32.2. The number of carbonyl (C=O) groups is 1. The highest BCUT2D eigenvalue weighted by molar-refractivity contribution is 8.14. The van der Waals surface area contributed by atoms with E-state index in [9.17, 15) is 23.1 Å². The van der Waals surface area contributed by atoms with Crippen LogP contribution >= 0.6 is 11.8 Å². The lowest BCUT2D eigenvalue weighted by molar-refractivity contribution is -0.274. The van der Waals surface area contributed by atoms with E-state index < -0.39 is 18.0 Å². The maximum atomic E-state index is 12.9. The lowest BCUT2D eigenvalue weighted by Gasteiger charge is -2.25. The zero-order chi connectivity index (χ0) is 34.4. The number of aliphatic hydroxyl groups is 1. The lowest BCUT2D eigenvalue weighted by Crippen LogP contribution is -2.41. The van der Waals surface area contributed by atoms with Crippen LogP contribution in [0, 0.1) is 6.92 Å². The SMILES string of the molecule is Cc1ccc(C(C)C)c(N=C(NC(=O)NCCc2ccc(-c3ncn(-c4ccc(OC(F)(F)F)cc4)n3)cc2)SC(C)C(C)(C)O)c1. The van der Waals surface area contributed by atoms with Gasteiger partial charge in [0.2, 0.25) is 0 Å². The summed E-state index contributed by atoms with van der Waals surface area (Å²) in [6, 6.07) is 18.6. The van der Waals surface area contributed by atoms with Gasteiger partial charge in [-0.1, -0.05) is 68.9 Å². The Hall–Kier alpha value is -4.36. The van der Waals surface area contributed by atoms with Gasteiger partial charge in [0.15, 0.2) is 11.0 Å². The first kappa shape index (κ1) is 35.5. The molecule has 9 nitrogen and oxygen atoms in total. The average molecular weight is 669 g/mol. The predicted octanol–water partition coefficient (Wildman–Crippen LogP) is 7.69. The maximum Gasteiger partial charge on any atom is 0.573 e. The Balaban J connectivity index is 1.36. The summed E-state index contributed by atoms with van der Waals surface area (Å²) >= 11 is 1.30. The molecular formula is C34H39F3N6O3S. The Morgan fingerprint density at radius 3 is 2.34 bits per heavy atom. The van der Waals surface area contributed by atoms with Crippen molar-refractivity contribution in [3.05, 3.63) is 89.7 Å². The molecule has 3 aromatic carbocycles. The number of aryl methyl sites for hydroxylation is 1. The second-order valence-electron chi connectivity index (χ2n) is 11.9. The number of halogens is 3. The fraction of sp³-hybridized carbons (Fsp3) is 0.353. The number of urea groups is 1. The molecule has 3 N–H and O–H groups in total. The van der Waals surface area contributed by atoms with Crippen molar-refractivity contribution in [2.24, 2.45) is 4.99 Å². The molecule has 1 aromatic heterocycles. The highest BCUT2D eigenvalue weighted by Gasteiger charge is 2.31. The molecule has 0 saturated carbocycles. The summed E-state index contributed by atoms with van der Waals surface area (Å²) in [5.74, 6) is 0.365. The third-order valence-electron chi connectivity index (χ3n) is 7.27. The third-order valence-corrected chi connectivity index (χ3v) is 8.62. The number of rotatable bonds is 10. The van der Waals surface area contributed by atoms with Gasteiger partial charge in [-0.3, -0.25) is 5.32 Å². The molecule has 0 aliphatic rings. The summed E-state index contributed by atoms with van der Waals surface area (Å²) in [5, 5.41) is 20.9. The van der Waals surface area contributed by atoms with Crippen LogP contribution in [0.3, 0.4) is 0 Å². The minimum absolute atomic E-state index is 0.238. The van der Waals surface area contributed by atoms with Gasteiger partial charge < -0.3 is 15.2 Å². The topological polar surface area (TPSA) is 114 Å². The van der Waals surface area contributed by atoms with E-state index in [1.54, 1.807) is 13.8 Å². The van der Waals surface area contributed by atoms with Crippen molar-refractivity contribution < 1.29 is 27.8 Å². The minimum atomic E-state index is -4.76. The zero-order valence-corrected chi connectivity index (χ0v) is 27.9. The Bertz CT molecular complexity index is 1680. The van der Waals surface area contributed by atoms with Crippen LogP contribution in [0.5, 0.6) is 5.75 Å². The summed E-state index contributed by atoms with van der Waals surface area (Å²) in [4.78, 5) is 22.1. The smallest absolute Gasteiger partial charge is 0.406 e. The summed E-state index contributed by atoms with van der Waals surface area (Å²) in [6.45, 7) is 11.9. The third kappa shape index (κ3) is 10.6. The van der Waals surface area contributed by atoms with Gasteiger partial charge in [0.05, 0.1) is 17.0 Å². The quantitative estimate of drug-likeness (QED) is 0.118. The molecule has 4 aromatic rings. The van der Waals surface area contributed by atoms with Crippen LogP contribution < -0.4 is 15.4 Å². The van der Waals surface area contributed by atoms with Crippen LogP contribution in [0.2, 0.25) is 0 Å². The molecule has 250 valence electrons. The number of carbonyl (C=O) groups excluding carboxylic acids is 1. The minimum Gasteiger partial charge on any atom is -0.406 e. The Morgan fingerprint density at radius 1 is 1.04 bits per heavy atom. The fourth-order valence-corrected chi connectivity index (χ4v) is 5.27. The van der Waals surface area contributed by atoms with E-state index in [1.165, 1.54) is 47.0 Å². The molecule has 2 amide bonds. The second kappa shape index (κ2) is 15.0. The number of alkyl halides is 3. The second-order valence-corrected chi connectivity index (χ2v) is 13.3. The Morgan fingerprint density at radius 2 is 1.72 bits per heavy atom. The molecule has 0 radical (unpaired) electrons. The van der Waals surface area contributed by atoms with Gasteiger partial charge in [-0.05, 0) is 80.1 Å². The summed E-state index contributed by atoms with van der Waals surface area (Å²) in [5.41, 5.74) is 4.17. The molecule has 1 atom stereocenters. The van der Waals surface area contributed by atoms with E-state index in [2.05, 4.69) is 39.3 Å². The summed E-state index contributed by atoms with van der Waals surface area (Å²) < 4.78 is 42.7. The van der Waals surface area contributed by atoms with Crippen molar-refractivity contribution in [2.45, 2.75) is 71.1 Å². The molecule has 1 unspecified atom stereocenters. The first-order valence-electron chi connectivity index (χ1n) is 15.1. The van der Waals surface area contributed by atoms with E-state index >= 15 is 0 Å². The monoisotopic (exact) mass is 668 g/mol. The van der Waals surface area contributed by atoms with Crippen molar-refractivity contribution in [3.8, 4) is 22.8 Å². The number of nitrogens with zero attached hydrogens (tertiary/aromatic N) is 4. The standard InChI is InChI=1S/C34H39F3N6O3S/c1-21(2)28-16-7-22(3)19-29(28)40-32(47-23(4)33(5,6)45)41-31(44)38-18-17-24-8-10-25(11-9-24)30-39-20-43(42-30)26-12-14-27(15-13-26)46-34(35,36)37/h7-16,19-21,23,45H,17-18H2,1-6H3,(H2,38,40,41,44). The first-order valence-corrected chi connectivity index (χ1v) is 16.0. The summed E-state index contributed by atoms with van der Waals surface area (Å²) in [7, 11) is 0. The maximum absolute atomic E-state index is 12.9. The fourth-order valence-electron chi connectivity index (χ4n) is 4.35. The number of amides is 2. The molecule has 0 saturated heterocycles. The van der Waals surface area contributed by atoms with Crippen molar-refractivity contribution in [2.75, 3.05) is 6.54 Å². The van der Waals surface area contributed by atoms with Crippen molar-refractivity contribution >= 4 is 28.6 Å². The van der Waals surface area contributed by atoms with Gasteiger partial charge in [0.25, 0.3) is 0 Å². The van der Waals surface area contributed by atoms with Crippen LogP contribution in [-0.2, 0) is 6.42 Å². The largest absolute Gasteiger partial charge is 0.573 e. The number of benzene rings is 3. The average Bonchev–Trinajstić information content (AvgIpc) is 3.47. The van der Waals surface area contributed by atoms with Crippen LogP contribution in [0.15, 0.2) is 78.0 Å². The number of hydrogen-bond donors (Lipinski definition) is 3. The summed E-state index contributed by atoms with van der Waals surface area (Å²) in [6.07, 6.45) is -2.71. The van der Waals surface area contributed by atoms with Gasteiger partial charge in [0.1, 0.15) is 12.1 Å². The van der Waals surface area contributed by atoms with E-state index in [0.29, 0.717) is 29.6 Å². The number of hydrogen-bond acceptors (Lipinski definition) is 7. The molecule has 13 heteroatoms. The predicted molar refractivity (Wildman–Crippen MR) is 179 cm³/mol. The number of nitrogens with one attached hydrogen (secondary N) is 2. The molecule has 0 aliphatic carbocycles. The van der Waals surface area contributed by atoms with Crippen LogP contribution in [0.4, 0.5) is 23.7 Å². The Kier molecular flexibility index (Phi) is 11.4. The number of amidine groups is 1. The lowest BCUT2D eigenvalue weighted by atomic mass is 10.00. The van der Waals surface area contributed by atoms with Crippen molar-refractivity contribution in [3.63, 3.8) is 0 Å². The van der Waals surface area contributed by atoms with E-state index in [0.717, 1.165) is 27.9 Å². The number of thioether (sulfide) groups is 1. The number of aromatic nitrogens is 3. The van der Waals surface area contributed by atoms with Gasteiger partial charge in [-0.25, -0.2) is 19.5 Å². The molecule has 0 aliphatic heterocycles. The molecule has 0 fully saturated rings. The number of aliphatic imine (C=N–C) groups is 1. The van der Waals surface area contributed by atoms with Crippen molar-refractivity contribution in [1.82, 2.24) is 25.4 Å². The molecule has 1 heterocycles. The van der Waals surface area contributed by atoms with Gasteiger partial charge in [0, 0.05) is 17.4 Å². The van der Waals surface area contributed by atoms with Crippen molar-refractivity contribution in [1.29, 1.82) is 0 Å². The molecular weight excluding hydrogens is 629 g/mol. The first-order chi connectivity index (χ1) is 22.1. The molecule has 0 spiro atoms. The molecule has 4 rings (SSSR count). The Labute approximate surface area is 276 Å².